The van der Waals surface area contributed by atoms with Crippen molar-refractivity contribution in [1.82, 2.24) is 4.98 Å². The van der Waals surface area contributed by atoms with Crippen LogP contribution in [0.3, 0.4) is 0 Å². The fraction of sp³-hybridized carbons (Fsp3) is 0.154. The van der Waals surface area contributed by atoms with Gasteiger partial charge in [0.2, 0.25) is 0 Å². The highest BCUT2D eigenvalue weighted by molar-refractivity contribution is 6.37. The molecule has 4 N–H and O–H groups in total. The molecule has 0 spiro atoms. The van der Waals surface area contributed by atoms with Gasteiger partial charge in [-0.1, -0.05) is 35.3 Å². The Morgan fingerprint density at radius 3 is 2.55 bits per heavy atom. The zero-order valence-corrected chi connectivity index (χ0v) is 12.1. The van der Waals surface area contributed by atoms with Crippen LogP contribution in [0, 0.1) is 5.82 Å². The fourth-order valence-corrected chi connectivity index (χ4v) is 2.20. The standard InChI is InChI=1S/C13H13Cl2FN4/c1-7(8-3-2-4-9(16)5-8)18-12-10(14)6-11(15)13(19-12)20-17/h2-7H,17H2,1H3,(H2,18,19,20). The zero-order chi connectivity index (χ0) is 14.7. The Hall–Kier alpha value is -1.56. The molecule has 2 rings (SSSR count). The van der Waals surface area contributed by atoms with Crippen LogP contribution in [0.2, 0.25) is 10.0 Å². The lowest BCUT2D eigenvalue weighted by Crippen LogP contribution is -2.13. The van der Waals surface area contributed by atoms with Crippen molar-refractivity contribution in [3.63, 3.8) is 0 Å². The van der Waals surface area contributed by atoms with Crippen molar-refractivity contribution < 1.29 is 4.39 Å². The number of halogens is 3. The molecule has 1 aromatic carbocycles. The third-order valence-electron chi connectivity index (χ3n) is 2.77. The van der Waals surface area contributed by atoms with E-state index < -0.39 is 0 Å². The van der Waals surface area contributed by atoms with E-state index in [0.717, 1.165) is 5.56 Å². The van der Waals surface area contributed by atoms with Crippen molar-refractivity contribution in [1.29, 1.82) is 0 Å². The molecular weight excluding hydrogens is 302 g/mol. The van der Waals surface area contributed by atoms with Gasteiger partial charge in [-0.2, -0.15) is 0 Å². The summed E-state index contributed by atoms with van der Waals surface area (Å²) in [5.41, 5.74) is 3.16. The number of pyridine rings is 1. The van der Waals surface area contributed by atoms with Crippen LogP contribution in [-0.4, -0.2) is 4.98 Å². The molecule has 1 atom stereocenters. The Bertz CT molecular complexity index is 621. The maximum atomic E-state index is 13.2. The first-order chi connectivity index (χ1) is 9.51. The minimum atomic E-state index is -0.296. The fourth-order valence-electron chi connectivity index (χ4n) is 1.73. The molecule has 2 aromatic rings. The van der Waals surface area contributed by atoms with Crippen LogP contribution in [0.15, 0.2) is 30.3 Å². The van der Waals surface area contributed by atoms with E-state index in [-0.39, 0.29) is 11.9 Å². The molecule has 0 aliphatic rings. The Kier molecular flexibility index (Phi) is 4.65. The van der Waals surface area contributed by atoms with Gasteiger partial charge in [-0.25, -0.2) is 15.2 Å². The SMILES string of the molecule is CC(Nc1nc(NN)c(Cl)cc1Cl)c1cccc(F)c1. The number of benzene rings is 1. The highest BCUT2D eigenvalue weighted by atomic mass is 35.5. The van der Waals surface area contributed by atoms with Crippen molar-refractivity contribution in [2.45, 2.75) is 13.0 Å². The Labute approximate surface area is 126 Å². The number of hydrogen-bond acceptors (Lipinski definition) is 4. The normalized spacial score (nSPS) is 12.1. The second-order valence-corrected chi connectivity index (χ2v) is 5.03. The minimum Gasteiger partial charge on any atom is -0.362 e. The summed E-state index contributed by atoms with van der Waals surface area (Å²) in [6.07, 6.45) is 0. The lowest BCUT2D eigenvalue weighted by Gasteiger charge is -2.17. The van der Waals surface area contributed by atoms with Gasteiger partial charge in [-0.05, 0) is 30.7 Å². The number of aromatic nitrogens is 1. The number of hydrazine groups is 1. The van der Waals surface area contributed by atoms with Crippen molar-refractivity contribution in [3.05, 3.63) is 51.8 Å². The molecule has 0 saturated heterocycles. The van der Waals surface area contributed by atoms with Crippen LogP contribution in [0.4, 0.5) is 16.0 Å². The monoisotopic (exact) mass is 314 g/mol. The minimum absolute atomic E-state index is 0.178. The predicted molar refractivity (Wildman–Crippen MR) is 80.5 cm³/mol. The van der Waals surface area contributed by atoms with E-state index in [4.69, 9.17) is 29.0 Å². The Morgan fingerprint density at radius 1 is 1.20 bits per heavy atom. The molecule has 20 heavy (non-hydrogen) atoms. The van der Waals surface area contributed by atoms with Crippen LogP contribution in [-0.2, 0) is 0 Å². The van der Waals surface area contributed by atoms with Gasteiger partial charge in [0.1, 0.15) is 11.6 Å². The van der Waals surface area contributed by atoms with Gasteiger partial charge in [0.25, 0.3) is 0 Å². The molecule has 0 amide bonds. The smallest absolute Gasteiger partial charge is 0.161 e. The lowest BCUT2D eigenvalue weighted by atomic mass is 10.1. The van der Waals surface area contributed by atoms with Crippen molar-refractivity contribution >= 4 is 34.8 Å². The van der Waals surface area contributed by atoms with Gasteiger partial charge in [0.15, 0.2) is 5.82 Å². The maximum absolute atomic E-state index is 13.2. The maximum Gasteiger partial charge on any atom is 0.161 e. The molecule has 0 radical (unpaired) electrons. The van der Waals surface area contributed by atoms with Crippen LogP contribution in [0.1, 0.15) is 18.5 Å². The summed E-state index contributed by atoms with van der Waals surface area (Å²) in [6.45, 7) is 1.87. The first-order valence-corrected chi connectivity index (χ1v) is 6.61. The second kappa shape index (κ2) is 6.26. The third-order valence-corrected chi connectivity index (χ3v) is 3.34. The summed E-state index contributed by atoms with van der Waals surface area (Å²) < 4.78 is 13.2. The number of hydrogen-bond donors (Lipinski definition) is 3. The molecule has 1 unspecified atom stereocenters. The van der Waals surface area contributed by atoms with Gasteiger partial charge < -0.3 is 10.7 Å². The summed E-state index contributed by atoms with van der Waals surface area (Å²) in [4.78, 5) is 4.17. The molecule has 1 heterocycles. The molecule has 1 aromatic heterocycles. The average molecular weight is 315 g/mol. The molecule has 0 aliphatic heterocycles. The van der Waals surface area contributed by atoms with Crippen molar-refractivity contribution in [2.75, 3.05) is 10.7 Å². The predicted octanol–water partition coefficient (Wildman–Crippen LogP) is 3.99. The van der Waals surface area contributed by atoms with Gasteiger partial charge in [-0.15, -0.1) is 0 Å². The molecule has 106 valence electrons. The number of rotatable bonds is 4. The van der Waals surface area contributed by atoms with Gasteiger partial charge in [0.05, 0.1) is 16.1 Å². The number of nitrogens with one attached hydrogen (secondary N) is 2. The summed E-state index contributed by atoms with van der Waals surface area (Å²) >= 11 is 12.0. The van der Waals surface area contributed by atoms with Crippen LogP contribution in [0.25, 0.3) is 0 Å². The Balaban J connectivity index is 2.25. The molecule has 7 heteroatoms. The molecule has 0 bridgehead atoms. The average Bonchev–Trinajstić information content (AvgIpc) is 2.41. The molecule has 0 aliphatic carbocycles. The molecule has 0 fully saturated rings. The number of nitrogen functional groups attached to an aromatic ring is 1. The van der Waals surface area contributed by atoms with Crippen LogP contribution in [0.5, 0.6) is 0 Å². The Morgan fingerprint density at radius 2 is 1.90 bits per heavy atom. The van der Waals surface area contributed by atoms with Crippen molar-refractivity contribution in [2.24, 2.45) is 5.84 Å². The lowest BCUT2D eigenvalue weighted by molar-refractivity contribution is 0.623. The number of nitrogens with two attached hydrogens (primary N) is 1. The van der Waals surface area contributed by atoms with Crippen LogP contribution < -0.4 is 16.6 Å². The molecule has 4 nitrogen and oxygen atoms in total. The van der Waals surface area contributed by atoms with Gasteiger partial charge in [-0.3, -0.25) is 0 Å². The largest absolute Gasteiger partial charge is 0.362 e. The zero-order valence-electron chi connectivity index (χ0n) is 10.6. The quantitative estimate of drug-likeness (QED) is 0.590. The first kappa shape index (κ1) is 14.8. The number of nitrogens with zero attached hydrogens (tertiary/aromatic N) is 1. The van der Waals surface area contributed by atoms with Crippen LogP contribution >= 0.6 is 23.2 Å². The van der Waals surface area contributed by atoms with E-state index in [0.29, 0.717) is 21.7 Å². The third kappa shape index (κ3) is 3.30. The molecular formula is C13H13Cl2FN4. The van der Waals surface area contributed by atoms with Gasteiger partial charge in [0, 0.05) is 0 Å². The number of anilines is 2. The topological polar surface area (TPSA) is 63.0 Å². The highest BCUT2D eigenvalue weighted by Gasteiger charge is 2.12. The van der Waals surface area contributed by atoms with E-state index in [1.165, 1.54) is 18.2 Å². The highest BCUT2D eigenvalue weighted by Crippen LogP contribution is 2.30. The summed E-state index contributed by atoms with van der Waals surface area (Å²) in [5.74, 6) is 5.75. The van der Waals surface area contributed by atoms with E-state index in [2.05, 4.69) is 15.7 Å². The van der Waals surface area contributed by atoms with E-state index in [1.54, 1.807) is 6.07 Å². The van der Waals surface area contributed by atoms with E-state index in [1.807, 2.05) is 13.0 Å². The first-order valence-electron chi connectivity index (χ1n) is 5.86. The summed E-state index contributed by atoms with van der Waals surface area (Å²) in [6, 6.07) is 7.65. The van der Waals surface area contributed by atoms with Gasteiger partial charge >= 0.3 is 0 Å². The van der Waals surface area contributed by atoms with E-state index >= 15 is 0 Å². The summed E-state index contributed by atoms with van der Waals surface area (Å²) in [5, 5.41) is 3.77. The second-order valence-electron chi connectivity index (χ2n) is 4.21. The summed E-state index contributed by atoms with van der Waals surface area (Å²) in [7, 11) is 0. The van der Waals surface area contributed by atoms with E-state index in [9.17, 15) is 4.39 Å². The molecule has 0 saturated carbocycles. The van der Waals surface area contributed by atoms with Crippen molar-refractivity contribution in [3.8, 4) is 0 Å².